The summed E-state index contributed by atoms with van der Waals surface area (Å²) in [4.78, 5) is 13.2. The Morgan fingerprint density at radius 1 is 1.14 bits per heavy atom. The number of hydrogen-bond donors (Lipinski definition) is 1. The minimum Gasteiger partial charge on any atom is -0.496 e. The maximum absolute atomic E-state index is 12.1. The molecule has 4 heteroatoms. The molecule has 3 nitrogen and oxygen atoms in total. The fourth-order valence-corrected chi connectivity index (χ4v) is 2.84. The van der Waals surface area contributed by atoms with Gasteiger partial charge in [-0.3, -0.25) is 4.79 Å². The van der Waals surface area contributed by atoms with E-state index in [1.165, 1.54) is 0 Å². The molecule has 0 fully saturated rings. The summed E-state index contributed by atoms with van der Waals surface area (Å²) >= 11 is 1.55. The number of methoxy groups -OCH3 is 1. The van der Waals surface area contributed by atoms with Crippen LogP contribution in [0.4, 0.5) is 0 Å². The number of rotatable bonds is 6. The molecule has 21 heavy (non-hydrogen) atoms. The lowest BCUT2D eigenvalue weighted by Gasteiger charge is -2.13. The maximum Gasteiger partial charge on any atom is 0.233 e. The van der Waals surface area contributed by atoms with Gasteiger partial charge in [-0.05, 0) is 25.1 Å². The number of amides is 1. The summed E-state index contributed by atoms with van der Waals surface area (Å²) in [5.41, 5.74) is 0.977. The highest BCUT2D eigenvalue weighted by Crippen LogP contribution is 2.23. The van der Waals surface area contributed by atoms with Crippen LogP contribution in [0.15, 0.2) is 59.5 Å². The molecule has 0 aromatic heterocycles. The van der Waals surface area contributed by atoms with Gasteiger partial charge in [-0.25, -0.2) is 0 Å². The van der Waals surface area contributed by atoms with Crippen LogP contribution in [0.5, 0.6) is 5.75 Å². The zero-order valence-corrected chi connectivity index (χ0v) is 13.0. The lowest BCUT2D eigenvalue weighted by molar-refractivity contribution is -0.120. The van der Waals surface area contributed by atoms with Crippen molar-refractivity contribution in [1.29, 1.82) is 0 Å². The van der Waals surface area contributed by atoms with Crippen molar-refractivity contribution in [3.63, 3.8) is 0 Å². The van der Waals surface area contributed by atoms with E-state index in [4.69, 9.17) is 4.74 Å². The molecule has 0 bridgehead atoms. The Labute approximate surface area is 129 Å². The molecule has 0 spiro atoms. The minimum atomic E-state index is -0.137. The quantitative estimate of drug-likeness (QED) is 0.830. The Balaban J connectivity index is 1.89. The first-order chi connectivity index (χ1) is 10.2. The lowest BCUT2D eigenvalue weighted by Crippen LogP contribution is -2.30. The molecule has 110 valence electrons. The number of ether oxygens (including phenoxy) is 1. The van der Waals surface area contributed by atoms with Crippen LogP contribution in [0.25, 0.3) is 0 Å². The molecule has 2 aromatic carbocycles. The van der Waals surface area contributed by atoms with Gasteiger partial charge in [-0.1, -0.05) is 36.4 Å². The van der Waals surface area contributed by atoms with Crippen molar-refractivity contribution in [2.75, 3.05) is 7.11 Å². The molecule has 0 aliphatic heterocycles. The number of carbonyl (C=O) groups excluding carboxylic acids is 1. The van der Waals surface area contributed by atoms with Crippen LogP contribution in [0, 0.1) is 0 Å². The monoisotopic (exact) mass is 301 g/mol. The van der Waals surface area contributed by atoms with Crippen LogP contribution >= 0.6 is 11.8 Å². The van der Waals surface area contributed by atoms with Crippen LogP contribution in [0.1, 0.15) is 12.5 Å². The third-order valence-electron chi connectivity index (χ3n) is 3.07. The molecular weight excluding hydrogens is 282 g/mol. The molecule has 0 unspecified atom stereocenters. The summed E-state index contributed by atoms with van der Waals surface area (Å²) in [5, 5.41) is 2.82. The summed E-state index contributed by atoms with van der Waals surface area (Å²) in [6, 6.07) is 17.6. The van der Waals surface area contributed by atoms with Gasteiger partial charge in [-0.2, -0.15) is 0 Å². The number of nitrogens with one attached hydrogen (secondary N) is 1. The van der Waals surface area contributed by atoms with Crippen LogP contribution in [0.2, 0.25) is 0 Å². The number of carbonyl (C=O) groups is 1. The van der Waals surface area contributed by atoms with Gasteiger partial charge in [0.25, 0.3) is 0 Å². The van der Waals surface area contributed by atoms with Gasteiger partial charge < -0.3 is 10.1 Å². The molecule has 1 amide bonds. The largest absolute Gasteiger partial charge is 0.496 e. The Morgan fingerprint density at radius 2 is 1.81 bits per heavy atom. The number of thioether (sulfide) groups is 1. The van der Waals surface area contributed by atoms with Crippen molar-refractivity contribution in [2.45, 2.75) is 23.6 Å². The van der Waals surface area contributed by atoms with Gasteiger partial charge >= 0.3 is 0 Å². The molecule has 0 saturated carbocycles. The van der Waals surface area contributed by atoms with Gasteiger partial charge in [0.1, 0.15) is 5.75 Å². The maximum atomic E-state index is 12.1. The highest BCUT2D eigenvalue weighted by molar-refractivity contribution is 8.00. The molecule has 0 heterocycles. The highest BCUT2D eigenvalue weighted by atomic mass is 32.2. The van der Waals surface area contributed by atoms with Crippen molar-refractivity contribution in [3.8, 4) is 5.75 Å². The Bertz CT molecular complexity index is 586. The standard InChI is InChI=1S/C17H19NO2S/c1-13(21-15-9-4-3-5-10-15)17(19)18-12-14-8-6-7-11-16(14)20-2/h3-11,13H,12H2,1-2H3,(H,18,19)/t13-/m1/s1. The molecule has 1 atom stereocenters. The van der Waals surface area contributed by atoms with Crippen LogP contribution in [-0.2, 0) is 11.3 Å². The summed E-state index contributed by atoms with van der Waals surface area (Å²) in [6.07, 6.45) is 0. The van der Waals surface area contributed by atoms with Crippen molar-refractivity contribution >= 4 is 17.7 Å². The first-order valence-electron chi connectivity index (χ1n) is 6.82. The molecule has 2 rings (SSSR count). The van der Waals surface area contributed by atoms with Crippen LogP contribution < -0.4 is 10.1 Å². The molecule has 0 radical (unpaired) electrons. The van der Waals surface area contributed by atoms with Gasteiger partial charge in [0.2, 0.25) is 5.91 Å². The van der Waals surface area contributed by atoms with E-state index in [2.05, 4.69) is 5.32 Å². The van der Waals surface area contributed by atoms with E-state index in [-0.39, 0.29) is 11.2 Å². The number of para-hydroxylation sites is 1. The number of benzene rings is 2. The SMILES string of the molecule is COc1ccccc1CNC(=O)[C@@H](C)Sc1ccccc1. The zero-order chi connectivity index (χ0) is 15.1. The lowest BCUT2D eigenvalue weighted by atomic mass is 10.2. The fraction of sp³-hybridized carbons (Fsp3) is 0.235. The van der Waals surface area contributed by atoms with E-state index >= 15 is 0 Å². The molecule has 0 aliphatic carbocycles. The van der Waals surface area contributed by atoms with Gasteiger partial charge in [-0.15, -0.1) is 11.8 Å². The Kier molecular flexibility index (Phi) is 5.69. The topological polar surface area (TPSA) is 38.3 Å². The van der Waals surface area contributed by atoms with Gasteiger partial charge in [0, 0.05) is 17.0 Å². The number of hydrogen-bond acceptors (Lipinski definition) is 3. The van der Waals surface area contributed by atoms with Crippen molar-refractivity contribution in [3.05, 3.63) is 60.2 Å². The van der Waals surface area contributed by atoms with E-state index in [1.54, 1.807) is 18.9 Å². The average Bonchev–Trinajstić information content (AvgIpc) is 2.53. The van der Waals surface area contributed by atoms with Gasteiger partial charge in [0.05, 0.1) is 12.4 Å². The zero-order valence-electron chi connectivity index (χ0n) is 12.2. The predicted molar refractivity (Wildman–Crippen MR) is 86.6 cm³/mol. The first-order valence-corrected chi connectivity index (χ1v) is 7.70. The Hall–Kier alpha value is -1.94. The van der Waals surface area contributed by atoms with E-state index in [1.807, 2.05) is 61.5 Å². The third kappa shape index (κ3) is 4.53. The summed E-state index contributed by atoms with van der Waals surface area (Å²) < 4.78 is 5.28. The smallest absolute Gasteiger partial charge is 0.233 e. The summed E-state index contributed by atoms with van der Waals surface area (Å²) in [5.74, 6) is 0.816. The second-order valence-electron chi connectivity index (χ2n) is 4.60. The van der Waals surface area contributed by atoms with Crippen LogP contribution in [-0.4, -0.2) is 18.3 Å². The molecule has 2 aromatic rings. The summed E-state index contributed by atoms with van der Waals surface area (Å²) in [7, 11) is 1.63. The van der Waals surface area contributed by atoms with E-state index in [0.29, 0.717) is 6.54 Å². The average molecular weight is 301 g/mol. The molecule has 0 saturated heterocycles. The fourth-order valence-electron chi connectivity index (χ4n) is 1.93. The van der Waals surface area contributed by atoms with E-state index in [0.717, 1.165) is 16.2 Å². The van der Waals surface area contributed by atoms with Gasteiger partial charge in [0.15, 0.2) is 0 Å². The Morgan fingerprint density at radius 3 is 2.52 bits per heavy atom. The normalized spacial score (nSPS) is 11.7. The van der Waals surface area contributed by atoms with Crippen molar-refractivity contribution in [1.82, 2.24) is 5.32 Å². The molecule has 1 N–H and O–H groups in total. The van der Waals surface area contributed by atoms with Crippen molar-refractivity contribution in [2.24, 2.45) is 0 Å². The molecule has 0 aliphatic rings. The second-order valence-corrected chi connectivity index (χ2v) is 6.02. The highest BCUT2D eigenvalue weighted by Gasteiger charge is 2.14. The predicted octanol–water partition coefficient (Wildman–Crippen LogP) is 3.49. The third-order valence-corrected chi connectivity index (χ3v) is 4.18. The second kappa shape index (κ2) is 7.74. The molecular formula is C17H19NO2S. The van der Waals surface area contributed by atoms with Crippen LogP contribution in [0.3, 0.4) is 0 Å². The van der Waals surface area contributed by atoms with E-state index in [9.17, 15) is 4.79 Å². The van der Waals surface area contributed by atoms with E-state index < -0.39 is 0 Å². The minimum absolute atomic E-state index is 0.0229. The first kappa shape index (κ1) is 15.4. The van der Waals surface area contributed by atoms with Crippen molar-refractivity contribution < 1.29 is 9.53 Å². The summed E-state index contributed by atoms with van der Waals surface area (Å²) in [6.45, 7) is 2.39.